The molecular formula is C35H82BrClFIO20. The molecule has 24 heteroatoms. The van der Waals surface area contributed by atoms with Crippen LogP contribution in [0.25, 0.3) is 0 Å². The van der Waals surface area contributed by atoms with Gasteiger partial charge in [0.1, 0.15) is 12.8 Å². The Labute approximate surface area is 376 Å². The molecule has 59 heavy (non-hydrogen) atoms. The van der Waals surface area contributed by atoms with Gasteiger partial charge in [-0.2, -0.15) is 0 Å². The van der Waals surface area contributed by atoms with E-state index in [1.807, 2.05) is 36.4 Å². The Morgan fingerprint density at radius 3 is 1.00 bits per heavy atom. The number of rotatable bonds is 23. The molecule has 0 aromatic carbocycles. The van der Waals surface area contributed by atoms with E-state index in [0.29, 0.717) is 18.2 Å². The number of alkyl halides is 4. The molecular weight excluding hydrogens is 1000 g/mol. The van der Waals surface area contributed by atoms with Gasteiger partial charge in [0, 0.05) is 22.5 Å². The Hall–Kier alpha value is 0.630. The van der Waals surface area contributed by atoms with E-state index < -0.39 is 87.5 Å². The first-order valence-corrected chi connectivity index (χ1v) is 21.7. The summed E-state index contributed by atoms with van der Waals surface area (Å²) in [6.45, 7) is 4.07. The Morgan fingerprint density at radius 2 is 0.864 bits per heavy atom. The van der Waals surface area contributed by atoms with Crippen LogP contribution in [0.3, 0.4) is 0 Å². The van der Waals surface area contributed by atoms with Crippen molar-refractivity contribution in [1.29, 1.82) is 0 Å². The van der Waals surface area contributed by atoms with Gasteiger partial charge < -0.3 is 102 Å². The lowest BCUT2D eigenvalue weighted by Gasteiger charge is -2.29. The van der Waals surface area contributed by atoms with Crippen molar-refractivity contribution in [2.75, 3.05) is 84.0 Å². The van der Waals surface area contributed by atoms with E-state index in [4.69, 9.17) is 93.3 Å². The Kier molecular flexibility index (Phi) is 82.0. The molecule has 0 aliphatic rings. The lowest BCUT2D eigenvalue weighted by molar-refractivity contribution is -0.00334. The van der Waals surface area contributed by atoms with Crippen LogP contribution in [0.2, 0.25) is 0 Å². The summed E-state index contributed by atoms with van der Waals surface area (Å²) < 4.78 is 10.6. The maximum Gasteiger partial charge on any atom is 0.118 e. The fraction of sp³-hybridized carbons (Fsp3) is 1.00. The third-order valence-corrected chi connectivity index (χ3v) is 9.20. The normalized spacial score (nSPS) is 16.3. The standard InChI is InChI=1S/C11H23IO6.3C4H10O2.C3H7BrO2.C3H7ClO2.C3H7FO2.C3H8O2/c1-6(15)9(17)3-7(2-8(16)4-13)11(12)10(18)5-14;2*1-2-4(6)3-5;5-3-1-2-4-6;3*4-1-3(6)2-5;1-3(5)2-4/h6-11,13-18H,2-5H2,1H3;2*4-6H,2-3H2,1H3;5-6H,1-4H2;3*3,5-6H,1-2H2;3-5H,2H2,1H3/t6?,7?,8-,9?,10?,11?;;;;;;;3-/m0......0/s1. The summed E-state index contributed by atoms with van der Waals surface area (Å²) in [5.74, 6) is -0.212. The molecule has 0 saturated heterocycles. The molecule has 0 aliphatic heterocycles. The maximum absolute atomic E-state index is 11.0. The molecule has 370 valence electrons. The number of hydrogen-bond donors (Lipinski definition) is 20. The molecule has 0 fully saturated rings. The zero-order valence-electron chi connectivity index (χ0n) is 34.8. The molecule has 0 heterocycles. The van der Waals surface area contributed by atoms with Gasteiger partial charge in [-0.05, 0) is 58.3 Å². The van der Waals surface area contributed by atoms with Crippen LogP contribution < -0.4 is 0 Å². The third-order valence-electron chi connectivity index (χ3n) is 6.25. The van der Waals surface area contributed by atoms with E-state index in [2.05, 4.69) is 15.9 Å². The predicted molar refractivity (Wildman–Crippen MR) is 233 cm³/mol. The van der Waals surface area contributed by atoms with Crippen molar-refractivity contribution in [3.63, 3.8) is 0 Å². The quantitative estimate of drug-likeness (QED) is 0.0262. The van der Waals surface area contributed by atoms with Crippen LogP contribution in [-0.2, 0) is 0 Å². The number of hydrogen-bond acceptors (Lipinski definition) is 20. The molecule has 12 atom stereocenters. The largest absolute Gasteiger partial charge is 0.396 e. The van der Waals surface area contributed by atoms with Gasteiger partial charge in [-0.25, -0.2) is 4.39 Å². The van der Waals surface area contributed by atoms with Gasteiger partial charge >= 0.3 is 0 Å². The van der Waals surface area contributed by atoms with E-state index >= 15 is 0 Å². The first kappa shape index (κ1) is 76.9. The minimum absolute atomic E-state index is 0.108. The summed E-state index contributed by atoms with van der Waals surface area (Å²) in [4.78, 5) is 0. The third kappa shape index (κ3) is 76.3. The summed E-state index contributed by atoms with van der Waals surface area (Å²) in [7, 11) is 0. The molecule has 0 bridgehead atoms. The second-order valence-electron chi connectivity index (χ2n) is 12.2. The number of halogens is 4. The van der Waals surface area contributed by atoms with Crippen molar-refractivity contribution in [2.45, 2.75) is 131 Å². The van der Waals surface area contributed by atoms with Gasteiger partial charge in [-0.3, -0.25) is 0 Å². The van der Waals surface area contributed by atoms with Crippen LogP contribution >= 0.6 is 50.1 Å². The first-order valence-electron chi connectivity index (χ1n) is 18.8. The highest BCUT2D eigenvalue weighted by molar-refractivity contribution is 14.1. The van der Waals surface area contributed by atoms with Gasteiger partial charge in [0.15, 0.2) is 0 Å². The zero-order valence-corrected chi connectivity index (χ0v) is 39.3. The van der Waals surface area contributed by atoms with Gasteiger partial charge in [0.25, 0.3) is 0 Å². The van der Waals surface area contributed by atoms with E-state index in [9.17, 15) is 24.8 Å². The van der Waals surface area contributed by atoms with Crippen LogP contribution in [0.15, 0.2) is 0 Å². The SMILES string of the molecule is CC(O)C(O)CC(C[C@H](O)CO)C(I)C(O)CO.CCC(O)CO.CCC(O)CO.C[C@H](O)CO.OCC(O)CBr.OCC(O)CCl.OCC(O)CF.OCCCCO. The predicted octanol–water partition coefficient (Wildman–Crippen LogP) is -4.13. The van der Waals surface area contributed by atoms with E-state index in [1.54, 1.807) is 0 Å². The maximum atomic E-state index is 11.0. The van der Waals surface area contributed by atoms with Crippen molar-refractivity contribution < 1.29 is 107 Å². The topological polar surface area (TPSA) is 405 Å². The summed E-state index contributed by atoms with van der Waals surface area (Å²) in [5, 5.41) is 170. The van der Waals surface area contributed by atoms with E-state index in [1.165, 1.54) is 13.8 Å². The van der Waals surface area contributed by atoms with Crippen molar-refractivity contribution >= 4 is 50.1 Å². The monoisotopic (exact) mass is 1080 g/mol. The summed E-state index contributed by atoms with van der Waals surface area (Å²) >= 11 is 9.95. The van der Waals surface area contributed by atoms with Crippen molar-refractivity contribution in [3.05, 3.63) is 0 Å². The lowest BCUT2D eigenvalue weighted by atomic mass is 9.88. The van der Waals surface area contributed by atoms with Crippen LogP contribution in [0.4, 0.5) is 4.39 Å². The van der Waals surface area contributed by atoms with Crippen LogP contribution in [0, 0.1) is 5.92 Å². The average Bonchev–Trinajstić information content (AvgIpc) is 3.26. The fourth-order valence-corrected chi connectivity index (χ4v) is 3.45. The van der Waals surface area contributed by atoms with Crippen LogP contribution in [0.5, 0.6) is 0 Å². The summed E-state index contributed by atoms with van der Waals surface area (Å²) in [6.07, 6.45) is -4.81. The van der Waals surface area contributed by atoms with Gasteiger partial charge in [-0.1, -0.05) is 52.4 Å². The molecule has 0 saturated carbocycles. The summed E-state index contributed by atoms with van der Waals surface area (Å²) in [6, 6.07) is 0. The van der Waals surface area contributed by atoms with Crippen molar-refractivity contribution in [3.8, 4) is 0 Å². The number of unbranched alkanes of at least 4 members (excludes halogenated alkanes) is 1. The highest BCUT2D eigenvalue weighted by Gasteiger charge is 2.30. The average molecular weight is 1080 g/mol. The second kappa shape index (κ2) is 62.9. The highest BCUT2D eigenvalue weighted by Crippen LogP contribution is 2.27. The molecule has 10 unspecified atom stereocenters. The van der Waals surface area contributed by atoms with Crippen molar-refractivity contribution in [1.82, 2.24) is 0 Å². The molecule has 20 N–H and O–H groups in total. The smallest absolute Gasteiger partial charge is 0.118 e. The van der Waals surface area contributed by atoms with E-state index in [-0.39, 0.29) is 74.8 Å². The molecule has 0 amide bonds. The lowest BCUT2D eigenvalue weighted by Crippen LogP contribution is -2.37. The fourth-order valence-electron chi connectivity index (χ4n) is 2.33. The number of aliphatic hydroxyl groups is 20. The molecule has 0 aliphatic carbocycles. The molecule has 0 rings (SSSR count). The molecule has 20 nitrogen and oxygen atoms in total. The van der Waals surface area contributed by atoms with Gasteiger partial charge in [0.2, 0.25) is 0 Å². The molecule has 0 radical (unpaired) electrons. The minimum atomic E-state index is -1.18. The first-order chi connectivity index (χ1) is 27.6. The van der Waals surface area contributed by atoms with Crippen LogP contribution in [0.1, 0.15) is 66.2 Å². The Bertz CT molecular complexity index is 631. The second-order valence-corrected chi connectivity index (χ2v) is 14.6. The van der Waals surface area contributed by atoms with Gasteiger partial charge in [0.05, 0.1) is 114 Å². The summed E-state index contributed by atoms with van der Waals surface area (Å²) in [5.41, 5.74) is 0. The Balaban J connectivity index is -0.0000000897. The zero-order chi connectivity index (χ0) is 48.4. The highest BCUT2D eigenvalue weighted by atomic mass is 127. The molecule has 0 aromatic rings. The van der Waals surface area contributed by atoms with E-state index in [0.717, 1.165) is 12.8 Å². The van der Waals surface area contributed by atoms with Gasteiger partial charge in [-0.15, -0.1) is 11.6 Å². The molecule has 0 spiro atoms. The minimum Gasteiger partial charge on any atom is -0.396 e. The van der Waals surface area contributed by atoms with Crippen LogP contribution in [-0.4, -0.2) is 251 Å². The Morgan fingerprint density at radius 1 is 0.508 bits per heavy atom. The van der Waals surface area contributed by atoms with Crippen molar-refractivity contribution in [2.24, 2.45) is 5.92 Å². The number of aliphatic hydroxyl groups excluding tert-OH is 20. The molecule has 0 aromatic heterocycles.